The SMILES string of the molecule is CSc1ncc(Br)c(C(Cl)C#N)n1. The van der Waals surface area contributed by atoms with Gasteiger partial charge in [-0.05, 0) is 22.2 Å². The predicted molar refractivity (Wildman–Crippen MR) is 55.7 cm³/mol. The van der Waals surface area contributed by atoms with Gasteiger partial charge in [-0.1, -0.05) is 23.4 Å². The summed E-state index contributed by atoms with van der Waals surface area (Å²) in [5.74, 6) is 0. The van der Waals surface area contributed by atoms with E-state index in [-0.39, 0.29) is 0 Å². The predicted octanol–water partition coefficient (Wildman–Crippen LogP) is 2.76. The van der Waals surface area contributed by atoms with Crippen LogP contribution in [0.5, 0.6) is 0 Å². The molecule has 1 rings (SSSR count). The lowest BCUT2D eigenvalue weighted by Crippen LogP contribution is -1.97. The van der Waals surface area contributed by atoms with Crippen LogP contribution in [0.25, 0.3) is 0 Å². The van der Waals surface area contributed by atoms with Gasteiger partial charge in [-0.3, -0.25) is 0 Å². The van der Waals surface area contributed by atoms with Crippen molar-refractivity contribution in [3.05, 3.63) is 16.4 Å². The molecular formula is C7H5BrClN3S. The maximum Gasteiger partial charge on any atom is 0.187 e. The van der Waals surface area contributed by atoms with Crippen molar-refractivity contribution in [2.45, 2.75) is 10.5 Å². The zero-order chi connectivity index (χ0) is 9.84. The monoisotopic (exact) mass is 277 g/mol. The fraction of sp³-hybridized carbons (Fsp3) is 0.286. The molecule has 13 heavy (non-hydrogen) atoms. The second-order valence-electron chi connectivity index (χ2n) is 2.08. The Bertz CT molecular complexity index is 352. The van der Waals surface area contributed by atoms with Gasteiger partial charge in [0.2, 0.25) is 0 Å². The summed E-state index contributed by atoms with van der Waals surface area (Å²) in [5.41, 5.74) is 0.517. The Balaban J connectivity index is 3.12. The third-order valence-corrected chi connectivity index (χ3v) is 2.76. The van der Waals surface area contributed by atoms with Gasteiger partial charge in [0.25, 0.3) is 0 Å². The smallest absolute Gasteiger partial charge is 0.187 e. The molecule has 0 aromatic carbocycles. The first-order valence-corrected chi connectivity index (χ1v) is 5.74. The maximum atomic E-state index is 8.61. The topological polar surface area (TPSA) is 49.6 Å². The van der Waals surface area contributed by atoms with E-state index in [0.717, 1.165) is 0 Å². The molecule has 0 radical (unpaired) electrons. The zero-order valence-electron chi connectivity index (χ0n) is 6.66. The summed E-state index contributed by atoms with van der Waals surface area (Å²) >= 11 is 10.4. The van der Waals surface area contributed by atoms with Crippen molar-refractivity contribution in [1.29, 1.82) is 5.26 Å². The van der Waals surface area contributed by atoms with Crippen molar-refractivity contribution in [3.8, 4) is 6.07 Å². The summed E-state index contributed by atoms with van der Waals surface area (Å²) in [7, 11) is 0. The molecule has 1 atom stereocenters. The van der Waals surface area contributed by atoms with Crippen LogP contribution in [-0.2, 0) is 0 Å². The molecule has 0 aliphatic rings. The molecule has 0 spiro atoms. The lowest BCUT2D eigenvalue weighted by Gasteiger charge is -2.03. The first kappa shape index (κ1) is 10.8. The van der Waals surface area contributed by atoms with E-state index in [9.17, 15) is 0 Å². The van der Waals surface area contributed by atoms with Crippen molar-refractivity contribution in [3.63, 3.8) is 0 Å². The van der Waals surface area contributed by atoms with Crippen LogP contribution in [0.15, 0.2) is 15.8 Å². The molecule has 0 N–H and O–H groups in total. The Morgan fingerprint density at radius 1 is 1.77 bits per heavy atom. The van der Waals surface area contributed by atoms with Gasteiger partial charge in [0.05, 0.1) is 16.2 Å². The second-order valence-corrected chi connectivity index (χ2v) is 4.15. The van der Waals surface area contributed by atoms with E-state index in [0.29, 0.717) is 15.3 Å². The fourth-order valence-electron chi connectivity index (χ4n) is 0.701. The van der Waals surface area contributed by atoms with Crippen LogP contribution in [0.4, 0.5) is 0 Å². The van der Waals surface area contributed by atoms with Crippen LogP contribution in [0.3, 0.4) is 0 Å². The highest BCUT2D eigenvalue weighted by molar-refractivity contribution is 9.10. The highest BCUT2D eigenvalue weighted by Gasteiger charge is 2.13. The standard InChI is InChI=1S/C7H5BrClN3S/c1-13-7-11-3-4(8)6(12-7)5(9)2-10/h3,5H,1H3. The van der Waals surface area contributed by atoms with Crippen LogP contribution in [-0.4, -0.2) is 16.2 Å². The van der Waals surface area contributed by atoms with Crippen LogP contribution in [0.2, 0.25) is 0 Å². The van der Waals surface area contributed by atoms with Crippen LogP contribution in [0.1, 0.15) is 11.1 Å². The van der Waals surface area contributed by atoms with Crippen molar-refractivity contribution < 1.29 is 0 Å². The van der Waals surface area contributed by atoms with E-state index in [1.165, 1.54) is 11.8 Å². The van der Waals surface area contributed by atoms with Crippen LogP contribution in [0, 0.1) is 11.3 Å². The molecule has 0 fully saturated rings. The van der Waals surface area contributed by atoms with Gasteiger partial charge in [0, 0.05) is 6.20 Å². The van der Waals surface area contributed by atoms with E-state index in [2.05, 4.69) is 25.9 Å². The van der Waals surface area contributed by atoms with E-state index in [4.69, 9.17) is 16.9 Å². The van der Waals surface area contributed by atoms with E-state index < -0.39 is 5.38 Å². The fourth-order valence-corrected chi connectivity index (χ4v) is 1.77. The number of thioether (sulfide) groups is 1. The molecule has 1 aromatic rings. The van der Waals surface area contributed by atoms with E-state index in [1.54, 1.807) is 6.20 Å². The van der Waals surface area contributed by atoms with Gasteiger partial charge in [-0.25, -0.2) is 9.97 Å². The van der Waals surface area contributed by atoms with E-state index in [1.807, 2.05) is 12.3 Å². The number of rotatable bonds is 2. The number of alkyl halides is 1. The number of nitrogens with zero attached hydrogens (tertiary/aromatic N) is 3. The van der Waals surface area contributed by atoms with Crippen LogP contribution >= 0.6 is 39.3 Å². The number of halogens is 2. The zero-order valence-corrected chi connectivity index (χ0v) is 9.82. The quantitative estimate of drug-likeness (QED) is 0.474. The second kappa shape index (κ2) is 4.80. The third kappa shape index (κ3) is 2.56. The van der Waals surface area contributed by atoms with Crippen LogP contribution < -0.4 is 0 Å². The average molecular weight is 279 g/mol. The Kier molecular flexibility index (Phi) is 3.97. The van der Waals surface area contributed by atoms with Crippen molar-refractivity contribution in [1.82, 2.24) is 9.97 Å². The minimum Gasteiger partial charge on any atom is -0.230 e. The van der Waals surface area contributed by atoms with Crippen molar-refractivity contribution >= 4 is 39.3 Å². The average Bonchev–Trinajstić information content (AvgIpc) is 2.17. The molecule has 0 saturated carbocycles. The molecule has 0 saturated heterocycles. The molecule has 0 aliphatic carbocycles. The molecule has 3 nitrogen and oxygen atoms in total. The number of aromatic nitrogens is 2. The Morgan fingerprint density at radius 3 is 3.00 bits per heavy atom. The molecule has 68 valence electrons. The number of nitriles is 1. The van der Waals surface area contributed by atoms with Gasteiger partial charge in [0.1, 0.15) is 0 Å². The molecule has 1 aromatic heterocycles. The Hall–Kier alpha value is -0.310. The molecule has 1 unspecified atom stereocenters. The summed E-state index contributed by atoms with van der Waals surface area (Å²) in [6, 6.07) is 1.91. The van der Waals surface area contributed by atoms with Gasteiger partial charge in [0.15, 0.2) is 10.5 Å². The first-order valence-electron chi connectivity index (χ1n) is 3.29. The van der Waals surface area contributed by atoms with Gasteiger partial charge >= 0.3 is 0 Å². The minimum absolute atomic E-state index is 0.517. The number of hydrogen-bond donors (Lipinski definition) is 0. The van der Waals surface area contributed by atoms with Gasteiger partial charge in [-0.2, -0.15) is 5.26 Å². The van der Waals surface area contributed by atoms with Crippen molar-refractivity contribution in [2.24, 2.45) is 0 Å². The molecule has 1 heterocycles. The summed E-state index contributed by atoms with van der Waals surface area (Å²) in [6.07, 6.45) is 3.46. The third-order valence-electron chi connectivity index (χ3n) is 1.29. The molecule has 0 aliphatic heterocycles. The molecule has 0 amide bonds. The molecule has 6 heteroatoms. The first-order chi connectivity index (χ1) is 6.19. The van der Waals surface area contributed by atoms with Crippen molar-refractivity contribution in [2.75, 3.05) is 6.26 Å². The van der Waals surface area contributed by atoms with E-state index >= 15 is 0 Å². The summed E-state index contributed by atoms with van der Waals surface area (Å²) in [6.45, 7) is 0. The summed E-state index contributed by atoms with van der Waals surface area (Å²) in [5, 5.41) is 8.48. The normalized spacial score (nSPS) is 12.2. The van der Waals surface area contributed by atoms with Gasteiger partial charge < -0.3 is 0 Å². The summed E-state index contributed by atoms with van der Waals surface area (Å²) < 4.78 is 0.659. The lowest BCUT2D eigenvalue weighted by atomic mass is 10.3. The Labute approximate surface area is 93.7 Å². The highest BCUT2D eigenvalue weighted by Crippen LogP contribution is 2.26. The summed E-state index contributed by atoms with van der Waals surface area (Å²) in [4.78, 5) is 8.12. The number of hydrogen-bond acceptors (Lipinski definition) is 4. The minimum atomic E-state index is -0.733. The highest BCUT2D eigenvalue weighted by atomic mass is 79.9. The lowest BCUT2D eigenvalue weighted by molar-refractivity contribution is 0.894. The Morgan fingerprint density at radius 2 is 2.46 bits per heavy atom. The maximum absolute atomic E-state index is 8.61. The largest absolute Gasteiger partial charge is 0.230 e. The molecular weight excluding hydrogens is 274 g/mol. The molecule has 0 bridgehead atoms. The van der Waals surface area contributed by atoms with Gasteiger partial charge in [-0.15, -0.1) is 0 Å².